The van der Waals surface area contributed by atoms with Crippen molar-refractivity contribution in [1.82, 2.24) is 4.90 Å². The molecule has 336 valence electrons. The maximum atomic E-state index is 12.8. The summed E-state index contributed by atoms with van der Waals surface area (Å²) in [6.45, 7) is 12.1. The van der Waals surface area contributed by atoms with Crippen molar-refractivity contribution in [3.05, 3.63) is 0 Å². The number of hydrogen-bond acceptors (Lipinski definition) is 8. The fourth-order valence-electron chi connectivity index (χ4n) is 8.23. The molecule has 0 atom stereocenters. The smallest absolute Gasteiger partial charge is 0.332 e. The van der Waals surface area contributed by atoms with E-state index in [-0.39, 0.29) is 36.7 Å². The van der Waals surface area contributed by atoms with Gasteiger partial charge in [-0.25, -0.2) is 4.79 Å². The highest BCUT2D eigenvalue weighted by Gasteiger charge is 2.20. The van der Waals surface area contributed by atoms with Crippen LogP contribution in [0, 0.1) is 11.8 Å². The van der Waals surface area contributed by atoms with Crippen LogP contribution in [0.3, 0.4) is 0 Å². The second kappa shape index (κ2) is 38.5. The van der Waals surface area contributed by atoms with Crippen molar-refractivity contribution in [1.29, 1.82) is 0 Å². The molecule has 1 heterocycles. The minimum Gasteiger partial charge on any atom is -0.466 e. The number of carbonyl (C=O) groups is 3. The van der Waals surface area contributed by atoms with Crippen LogP contribution in [0.4, 0.5) is 0 Å². The Morgan fingerprint density at radius 3 is 1.28 bits per heavy atom. The van der Waals surface area contributed by atoms with E-state index in [0.29, 0.717) is 37.9 Å². The molecule has 0 aromatic rings. The Labute approximate surface area is 352 Å². The third-order valence-corrected chi connectivity index (χ3v) is 12.2. The van der Waals surface area contributed by atoms with Gasteiger partial charge in [-0.05, 0) is 83.1 Å². The molecule has 0 N–H and O–H groups in total. The summed E-state index contributed by atoms with van der Waals surface area (Å²) in [7, 11) is 2.12. The molecule has 57 heavy (non-hydrogen) atoms. The summed E-state index contributed by atoms with van der Waals surface area (Å²) in [6.07, 6.45) is 34.4. The van der Waals surface area contributed by atoms with Crippen LogP contribution in [0.5, 0.6) is 0 Å². The molecule has 0 radical (unpaired) electrons. The normalized spacial score (nSPS) is 13.9. The van der Waals surface area contributed by atoms with Gasteiger partial charge in [-0.2, -0.15) is 0 Å². The highest BCUT2D eigenvalue weighted by molar-refractivity contribution is 5.71. The Morgan fingerprint density at radius 1 is 0.491 bits per heavy atom. The molecule has 0 saturated carbocycles. The topological polar surface area (TPSA) is 91.4 Å². The van der Waals surface area contributed by atoms with Crippen molar-refractivity contribution in [3.63, 3.8) is 0 Å². The molecular formula is C49H93NO7. The van der Waals surface area contributed by atoms with Gasteiger partial charge < -0.3 is 23.8 Å². The number of carbonyl (C=O) groups excluding carboxylic acids is 3. The number of unbranched alkanes of at least 4 members (excludes halogenated alkanes) is 14. The average Bonchev–Trinajstić information content (AvgIpc) is 3.20. The largest absolute Gasteiger partial charge is 0.466 e. The van der Waals surface area contributed by atoms with Gasteiger partial charge in [0.15, 0.2) is 0 Å². The van der Waals surface area contributed by atoms with Crippen LogP contribution in [0.2, 0.25) is 0 Å². The average molecular weight is 808 g/mol. The molecule has 8 nitrogen and oxygen atoms in total. The molecule has 0 spiro atoms. The molecule has 0 aromatic heterocycles. The van der Waals surface area contributed by atoms with Crippen LogP contribution < -0.4 is 0 Å². The van der Waals surface area contributed by atoms with Gasteiger partial charge in [0.25, 0.3) is 0 Å². The summed E-state index contributed by atoms with van der Waals surface area (Å²) in [4.78, 5) is 40.1. The number of ether oxygens (including phenoxy) is 4. The third-order valence-electron chi connectivity index (χ3n) is 12.2. The Balaban J connectivity index is 2.38. The summed E-state index contributed by atoms with van der Waals surface area (Å²) in [5, 5.41) is 0. The first-order chi connectivity index (χ1) is 27.8. The van der Waals surface area contributed by atoms with E-state index < -0.39 is 0 Å². The standard InChI is InChI=1S/C49H93NO7/c1-6-10-18-26-43(27-19-11-7-2)36-40-54-47(51)32-24-16-14-22-30-46(57-49(53)42-56-45-34-38-50(5)39-35-45)31-23-15-17-25-33-48(52)55-41-37-44(28-20-12-8-3)29-21-13-9-4/h43-46H,6-42H2,1-5H3. The Morgan fingerprint density at radius 2 is 0.877 bits per heavy atom. The van der Waals surface area contributed by atoms with E-state index >= 15 is 0 Å². The van der Waals surface area contributed by atoms with E-state index in [1.807, 2.05) is 0 Å². The fraction of sp³-hybridized carbons (Fsp3) is 0.939. The van der Waals surface area contributed by atoms with Crippen molar-refractivity contribution in [2.75, 3.05) is 40.0 Å². The summed E-state index contributed by atoms with van der Waals surface area (Å²) in [5.74, 6) is 0.959. The lowest BCUT2D eigenvalue weighted by Gasteiger charge is -2.28. The molecule has 1 saturated heterocycles. The van der Waals surface area contributed by atoms with Crippen molar-refractivity contribution in [2.45, 2.75) is 245 Å². The van der Waals surface area contributed by atoms with Gasteiger partial charge in [-0.15, -0.1) is 0 Å². The SMILES string of the molecule is CCCCCC(CCCCC)CCOC(=O)CCCCCCC(CCCCCCC(=O)OCCC(CCCCC)CCCCC)OC(=O)COC1CCN(C)CC1. The first-order valence-corrected chi connectivity index (χ1v) is 24.6. The van der Waals surface area contributed by atoms with Gasteiger partial charge in [0.2, 0.25) is 0 Å². The molecule has 1 rings (SSSR count). The van der Waals surface area contributed by atoms with Crippen LogP contribution in [0.15, 0.2) is 0 Å². The molecule has 8 heteroatoms. The van der Waals surface area contributed by atoms with Crippen LogP contribution in [-0.4, -0.2) is 75.0 Å². The van der Waals surface area contributed by atoms with Crippen molar-refractivity contribution in [3.8, 4) is 0 Å². The molecule has 0 bridgehead atoms. The number of likely N-dealkylation sites (tertiary alicyclic amines) is 1. The summed E-state index contributed by atoms with van der Waals surface area (Å²) >= 11 is 0. The van der Waals surface area contributed by atoms with Crippen molar-refractivity contribution < 1.29 is 33.3 Å². The summed E-state index contributed by atoms with van der Waals surface area (Å²) < 4.78 is 23.2. The maximum absolute atomic E-state index is 12.8. The molecule has 0 aromatic carbocycles. The summed E-state index contributed by atoms with van der Waals surface area (Å²) in [6, 6.07) is 0. The van der Waals surface area contributed by atoms with E-state index in [1.165, 1.54) is 103 Å². The lowest BCUT2D eigenvalue weighted by Crippen LogP contribution is -2.35. The number of esters is 3. The zero-order chi connectivity index (χ0) is 41.6. The maximum Gasteiger partial charge on any atom is 0.332 e. The number of hydrogen-bond donors (Lipinski definition) is 0. The van der Waals surface area contributed by atoms with Gasteiger partial charge in [0.1, 0.15) is 12.7 Å². The van der Waals surface area contributed by atoms with Gasteiger partial charge >= 0.3 is 17.9 Å². The first-order valence-electron chi connectivity index (χ1n) is 24.6. The van der Waals surface area contributed by atoms with Gasteiger partial charge in [-0.1, -0.05) is 156 Å². The minimum absolute atomic E-state index is 0.0194. The summed E-state index contributed by atoms with van der Waals surface area (Å²) in [5.41, 5.74) is 0. The van der Waals surface area contributed by atoms with Gasteiger partial charge in [-0.3, -0.25) is 9.59 Å². The van der Waals surface area contributed by atoms with E-state index in [4.69, 9.17) is 18.9 Å². The lowest BCUT2D eigenvalue weighted by molar-refractivity contribution is -0.158. The van der Waals surface area contributed by atoms with E-state index in [0.717, 1.165) is 103 Å². The third kappa shape index (κ3) is 32.8. The molecule has 0 amide bonds. The lowest BCUT2D eigenvalue weighted by atomic mass is 9.92. The molecule has 1 fully saturated rings. The minimum atomic E-state index is -0.264. The van der Waals surface area contributed by atoms with Crippen LogP contribution >= 0.6 is 0 Å². The highest BCUT2D eigenvalue weighted by Crippen LogP contribution is 2.23. The molecule has 1 aliphatic rings. The van der Waals surface area contributed by atoms with Crippen molar-refractivity contribution in [2.24, 2.45) is 11.8 Å². The Kier molecular flexibility index (Phi) is 36.1. The van der Waals surface area contributed by atoms with Crippen LogP contribution in [-0.2, 0) is 33.3 Å². The highest BCUT2D eigenvalue weighted by atomic mass is 16.6. The molecule has 0 aliphatic carbocycles. The first kappa shape index (κ1) is 53.3. The van der Waals surface area contributed by atoms with E-state index in [9.17, 15) is 14.4 Å². The second-order valence-corrected chi connectivity index (χ2v) is 17.6. The molecule has 1 aliphatic heterocycles. The van der Waals surface area contributed by atoms with Crippen molar-refractivity contribution >= 4 is 17.9 Å². The predicted molar refractivity (Wildman–Crippen MR) is 236 cm³/mol. The number of piperidine rings is 1. The molecule has 0 unspecified atom stereocenters. The zero-order valence-corrected chi connectivity index (χ0v) is 38.3. The van der Waals surface area contributed by atoms with E-state index in [1.54, 1.807) is 0 Å². The van der Waals surface area contributed by atoms with E-state index in [2.05, 4.69) is 39.6 Å². The zero-order valence-electron chi connectivity index (χ0n) is 38.3. The number of rotatable bonds is 40. The monoisotopic (exact) mass is 808 g/mol. The Bertz CT molecular complexity index is 863. The second-order valence-electron chi connectivity index (χ2n) is 17.6. The predicted octanol–water partition coefficient (Wildman–Crippen LogP) is 13.1. The Hall–Kier alpha value is -1.67. The van der Waals surface area contributed by atoms with Gasteiger partial charge in [0.05, 0.1) is 19.3 Å². The van der Waals surface area contributed by atoms with Crippen LogP contribution in [0.25, 0.3) is 0 Å². The van der Waals surface area contributed by atoms with Gasteiger partial charge in [0, 0.05) is 25.9 Å². The molecular weight excluding hydrogens is 715 g/mol. The van der Waals surface area contributed by atoms with Crippen LogP contribution in [0.1, 0.15) is 233 Å². The number of nitrogens with zero attached hydrogens (tertiary/aromatic N) is 1. The quantitative estimate of drug-likeness (QED) is 0.0343. The fourth-order valence-corrected chi connectivity index (χ4v) is 8.23.